The predicted molar refractivity (Wildman–Crippen MR) is 85.3 cm³/mol. The molecule has 4 unspecified atom stereocenters. The van der Waals surface area contributed by atoms with E-state index >= 15 is 0 Å². The molecule has 1 aromatic carbocycles. The Hall–Kier alpha value is -2.10. The molecule has 0 saturated carbocycles. The fourth-order valence-corrected chi connectivity index (χ4v) is 4.96. The minimum atomic E-state index is -0.230. The first-order valence-electron chi connectivity index (χ1n) is 8.13. The Balaban J connectivity index is 1.77. The standard InChI is InChI=1S/C18H18N2O2/c21-20(22)13-7-16-14-5-1-3-11(14)9-19-10-12-4-2-6-15(12)17(8-13)18(16)19/h1-2,5-8,11-12,14-15H,3-4,9-10H2. The van der Waals surface area contributed by atoms with Crippen molar-refractivity contribution in [2.45, 2.75) is 24.7 Å². The topological polar surface area (TPSA) is 46.4 Å². The van der Waals surface area contributed by atoms with Crippen LogP contribution in [0.5, 0.6) is 0 Å². The molecule has 2 heterocycles. The second-order valence-electron chi connectivity index (χ2n) is 7.03. The Labute approximate surface area is 129 Å². The molecule has 0 aromatic heterocycles. The molecule has 5 rings (SSSR count). The first-order valence-corrected chi connectivity index (χ1v) is 8.13. The third kappa shape index (κ3) is 1.52. The number of hydrogen-bond acceptors (Lipinski definition) is 3. The van der Waals surface area contributed by atoms with E-state index in [-0.39, 0.29) is 10.6 Å². The summed E-state index contributed by atoms with van der Waals surface area (Å²) in [6.45, 7) is 2.19. The molecule has 0 fully saturated rings. The van der Waals surface area contributed by atoms with Gasteiger partial charge in [-0.2, -0.15) is 0 Å². The highest BCUT2D eigenvalue weighted by molar-refractivity contribution is 5.71. The number of non-ortho nitro benzene ring substituents is 1. The van der Waals surface area contributed by atoms with Crippen LogP contribution in [0, 0.1) is 22.0 Å². The molecule has 1 aromatic rings. The van der Waals surface area contributed by atoms with Gasteiger partial charge in [-0.05, 0) is 35.8 Å². The molecule has 22 heavy (non-hydrogen) atoms. The van der Waals surface area contributed by atoms with Crippen molar-refractivity contribution in [3.8, 4) is 0 Å². The van der Waals surface area contributed by atoms with Gasteiger partial charge in [-0.3, -0.25) is 10.1 Å². The average molecular weight is 294 g/mol. The van der Waals surface area contributed by atoms with Gasteiger partial charge in [0.15, 0.2) is 0 Å². The van der Waals surface area contributed by atoms with Crippen LogP contribution in [0.2, 0.25) is 0 Å². The van der Waals surface area contributed by atoms with Crippen LogP contribution in [-0.4, -0.2) is 18.0 Å². The van der Waals surface area contributed by atoms with Gasteiger partial charge in [-0.25, -0.2) is 0 Å². The van der Waals surface area contributed by atoms with Crippen molar-refractivity contribution in [2.75, 3.05) is 18.0 Å². The number of anilines is 1. The lowest BCUT2D eigenvalue weighted by atomic mass is 9.75. The van der Waals surface area contributed by atoms with E-state index in [0.29, 0.717) is 23.7 Å². The van der Waals surface area contributed by atoms with Gasteiger partial charge in [0.25, 0.3) is 5.69 Å². The fourth-order valence-electron chi connectivity index (χ4n) is 4.96. The first-order chi connectivity index (χ1) is 10.7. The van der Waals surface area contributed by atoms with Gasteiger partial charge in [0, 0.05) is 42.7 Å². The van der Waals surface area contributed by atoms with Crippen molar-refractivity contribution >= 4 is 11.4 Å². The van der Waals surface area contributed by atoms with Crippen molar-refractivity contribution in [3.63, 3.8) is 0 Å². The number of rotatable bonds is 1. The lowest BCUT2D eigenvalue weighted by Crippen LogP contribution is -2.43. The molecule has 4 nitrogen and oxygen atoms in total. The molecule has 4 heteroatoms. The van der Waals surface area contributed by atoms with Crippen LogP contribution >= 0.6 is 0 Å². The van der Waals surface area contributed by atoms with Crippen molar-refractivity contribution in [1.29, 1.82) is 0 Å². The summed E-state index contributed by atoms with van der Waals surface area (Å²) in [5.74, 6) is 1.92. The summed E-state index contributed by atoms with van der Waals surface area (Å²) in [6, 6.07) is 3.66. The first kappa shape index (κ1) is 12.4. The van der Waals surface area contributed by atoms with Crippen molar-refractivity contribution < 1.29 is 4.92 Å². The van der Waals surface area contributed by atoms with Crippen LogP contribution in [-0.2, 0) is 0 Å². The third-order valence-corrected chi connectivity index (χ3v) is 5.89. The molecular weight excluding hydrogens is 276 g/mol. The van der Waals surface area contributed by atoms with Crippen LogP contribution in [0.1, 0.15) is 35.8 Å². The Kier molecular flexibility index (Phi) is 2.38. The molecule has 112 valence electrons. The highest BCUT2D eigenvalue weighted by atomic mass is 16.6. The number of nitro benzene ring substituents is 1. The Morgan fingerprint density at radius 2 is 1.55 bits per heavy atom. The van der Waals surface area contributed by atoms with Gasteiger partial charge >= 0.3 is 0 Å². The van der Waals surface area contributed by atoms with E-state index in [1.807, 2.05) is 12.1 Å². The maximum Gasteiger partial charge on any atom is 0.270 e. The molecule has 0 spiro atoms. The normalized spacial score (nSPS) is 33.5. The zero-order chi connectivity index (χ0) is 14.8. The van der Waals surface area contributed by atoms with E-state index in [4.69, 9.17) is 0 Å². The minimum Gasteiger partial charge on any atom is -0.370 e. The molecule has 4 atom stereocenters. The molecule has 0 bridgehead atoms. The SMILES string of the molecule is O=[N+]([O-])c1cc2c3c(c1)C1C=CCC1CN3CC1CC=CC21. The van der Waals surface area contributed by atoms with E-state index in [1.165, 1.54) is 16.8 Å². The third-order valence-electron chi connectivity index (χ3n) is 5.89. The number of fused-ring (bicyclic) bond motifs is 4. The molecule has 0 saturated heterocycles. The van der Waals surface area contributed by atoms with Crippen LogP contribution in [0.15, 0.2) is 36.4 Å². The monoisotopic (exact) mass is 294 g/mol. The molecule has 0 N–H and O–H groups in total. The number of nitrogens with zero attached hydrogens (tertiary/aromatic N) is 2. The number of nitro groups is 1. The smallest absolute Gasteiger partial charge is 0.270 e. The van der Waals surface area contributed by atoms with Crippen molar-refractivity contribution in [2.24, 2.45) is 11.8 Å². The summed E-state index contributed by atoms with van der Waals surface area (Å²) in [4.78, 5) is 13.7. The van der Waals surface area contributed by atoms with Gasteiger partial charge in [0.2, 0.25) is 0 Å². The van der Waals surface area contributed by atoms with Gasteiger partial charge in [-0.15, -0.1) is 0 Å². The quantitative estimate of drug-likeness (QED) is 0.450. The summed E-state index contributed by atoms with van der Waals surface area (Å²) in [7, 11) is 0. The zero-order valence-electron chi connectivity index (χ0n) is 12.3. The van der Waals surface area contributed by atoms with E-state index in [9.17, 15) is 10.1 Å². The lowest BCUT2D eigenvalue weighted by molar-refractivity contribution is -0.385. The number of hydrogen-bond donors (Lipinski definition) is 0. The van der Waals surface area contributed by atoms with Crippen LogP contribution in [0.4, 0.5) is 11.4 Å². The molecule has 0 amide bonds. The average Bonchev–Trinajstić information content (AvgIpc) is 3.15. The Morgan fingerprint density at radius 1 is 1.00 bits per heavy atom. The fraction of sp³-hybridized carbons (Fsp3) is 0.444. The largest absolute Gasteiger partial charge is 0.370 e. The zero-order valence-corrected chi connectivity index (χ0v) is 12.3. The van der Waals surface area contributed by atoms with Crippen LogP contribution in [0.25, 0.3) is 0 Å². The van der Waals surface area contributed by atoms with Gasteiger partial charge in [0.1, 0.15) is 0 Å². The Bertz CT molecular complexity index is 686. The van der Waals surface area contributed by atoms with Gasteiger partial charge < -0.3 is 4.90 Å². The molecule has 4 aliphatic rings. The molecule has 2 aliphatic carbocycles. The summed E-state index contributed by atoms with van der Waals surface area (Å²) in [6.07, 6.45) is 11.2. The number of benzene rings is 1. The maximum atomic E-state index is 11.4. The van der Waals surface area contributed by atoms with Crippen LogP contribution < -0.4 is 4.90 Å². The van der Waals surface area contributed by atoms with Crippen molar-refractivity contribution in [1.82, 2.24) is 0 Å². The molecule has 2 aliphatic heterocycles. The summed E-state index contributed by atoms with van der Waals surface area (Å²) >= 11 is 0. The highest BCUT2D eigenvalue weighted by Crippen LogP contribution is 2.53. The van der Waals surface area contributed by atoms with Gasteiger partial charge in [0.05, 0.1) is 4.92 Å². The molecular formula is C18H18N2O2. The van der Waals surface area contributed by atoms with E-state index in [1.54, 1.807) is 0 Å². The van der Waals surface area contributed by atoms with E-state index in [0.717, 1.165) is 25.9 Å². The summed E-state index contributed by atoms with van der Waals surface area (Å²) in [5.41, 5.74) is 3.93. The number of allylic oxidation sites excluding steroid dienone is 4. The predicted octanol–water partition coefficient (Wildman–Crippen LogP) is 3.75. The minimum absolute atomic E-state index is 0.230. The van der Waals surface area contributed by atoms with Gasteiger partial charge in [-0.1, -0.05) is 24.3 Å². The van der Waals surface area contributed by atoms with E-state index < -0.39 is 0 Å². The van der Waals surface area contributed by atoms with Crippen LogP contribution in [0.3, 0.4) is 0 Å². The second-order valence-corrected chi connectivity index (χ2v) is 7.03. The lowest BCUT2D eigenvalue weighted by Gasteiger charge is -2.45. The van der Waals surface area contributed by atoms with Crippen molar-refractivity contribution in [3.05, 3.63) is 57.7 Å². The maximum absolute atomic E-state index is 11.4. The second kappa shape index (κ2) is 4.22. The van der Waals surface area contributed by atoms with E-state index in [2.05, 4.69) is 29.2 Å². The summed E-state index contributed by atoms with van der Waals surface area (Å²) < 4.78 is 0. The Morgan fingerprint density at radius 3 is 2.05 bits per heavy atom. The summed E-state index contributed by atoms with van der Waals surface area (Å²) in [5, 5.41) is 11.4. The highest BCUT2D eigenvalue weighted by Gasteiger charge is 2.43. The molecule has 0 radical (unpaired) electrons.